The van der Waals surface area contributed by atoms with Gasteiger partial charge >= 0.3 is 39.5 Å². The number of unbranched alkanes of at least 4 members (excludes halogenated alkanes) is 56. The Bertz CT molecular complexity index is 1980. The highest BCUT2D eigenvalue weighted by molar-refractivity contribution is 7.47. The van der Waals surface area contributed by atoms with Gasteiger partial charge in [-0.2, -0.15) is 0 Å². The van der Waals surface area contributed by atoms with Crippen molar-refractivity contribution in [2.75, 3.05) is 39.6 Å². The van der Waals surface area contributed by atoms with E-state index < -0.39 is 97.5 Å². The minimum absolute atomic E-state index is 0.108. The fraction of sp³-hybridized carbons (Fsp3) is 0.953. The van der Waals surface area contributed by atoms with Crippen LogP contribution in [0.2, 0.25) is 0 Å². The SMILES string of the molecule is CCCCCCCCCCCCCCCCCCCCCCCCC(=O)OC[C@H](COP(=O)(O)OC[C@@H](O)COP(=O)(O)OC[C@@H](COC(=O)CCCCCCCCC)OC(=O)CCCCCCCCCCCCCCC)OC(=O)CCCCCCCCCCCCCCCCCCCCC(C)CC. The Morgan fingerprint density at radius 3 is 0.683 bits per heavy atom. The largest absolute Gasteiger partial charge is 0.472 e. The summed E-state index contributed by atoms with van der Waals surface area (Å²) in [5.74, 6) is -1.24. The molecule has 0 saturated heterocycles. The van der Waals surface area contributed by atoms with Crippen molar-refractivity contribution in [1.29, 1.82) is 0 Å². The molecule has 0 aliphatic carbocycles. The number of esters is 4. The molecule has 618 valence electrons. The molecule has 0 fully saturated rings. The highest BCUT2D eigenvalue weighted by Gasteiger charge is 2.30. The average Bonchev–Trinajstić information content (AvgIpc) is 0.905. The summed E-state index contributed by atoms with van der Waals surface area (Å²) in [6.45, 7) is 7.37. The van der Waals surface area contributed by atoms with Gasteiger partial charge in [-0.05, 0) is 31.6 Å². The van der Waals surface area contributed by atoms with E-state index in [4.69, 9.17) is 37.0 Å². The Balaban J connectivity index is 5.14. The molecule has 0 aromatic heterocycles. The molecule has 0 saturated carbocycles. The van der Waals surface area contributed by atoms with Gasteiger partial charge in [-0.25, -0.2) is 9.13 Å². The van der Waals surface area contributed by atoms with Crippen LogP contribution in [0.1, 0.15) is 458 Å². The van der Waals surface area contributed by atoms with Gasteiger partial charge in [0.2, 0.25) is 0 Å². The maximum absolute atomic E-state index is 13.1. The third-order valence-corrected chi connectivity index (χ3v) is 22.3. The molecule has 0 rings (SSSR count). The van der Waals surface area contributed by atoms with Gasteiger partial charge in [0.05, 0.1) is 26.4 Å². The monoisotopic (exact) mass is 1520 g/mol. The zero-order valence-electron chi connectivity index (χ0n) is 68.2. The molecule has 0 aliphatic rings. The molecule has 17 nitrogen and oxygen atoms in total. The summed E-state index contributed by atoms with van der Waals surface area (Å²) >= 11 is 0. The quantitative estimate of drug-likeness (QED) is 0.0222. The predicted octanol–water partition coefficient (Wildman–Crippen LogP) is 26.0. The van der Waals surface area contributed by atoms with Crippen LogP contribution >= 0.6 is 15.6 Å². The zero-order valence-corrected chi connectivity index (χ0v) is 70.0. The van der Waals surface area contributed by atoms with Gasteiger partial charge in [0, 0.05) is 25.7 Å². The number of aliphatic hydroxyl groups excluding tert-OH is 1. The predicted molar refractivity (Wildman–Crippen MR) is 428 cm³/mol. The van der Waals surface area contributed by atoms with E-state index in [0.29, 0.717) is 25.7 Å². The maximum atomic E-state index is 13.1. The normalized spacial score (nSPS) is 14.0. The Morgan fingerprint density at radius 2 is 0.462 bits per heavy atom. The first-order valence-electron chi connectivity index (χ1n) is 44.2. The third-order valence-electron chi connectivity index (χ3n) is 20.4. The van der Waals surface area contributed by atoms with Crippen molar-refractivity contribution in [3.05, 3.63) is 0 Å². The van der Waals surface area contributed by atoms with Gasteiger partial charge in [-0.3, -0.25) is 37.3 Å². The van der Waals surface area contributed by atoms with Crippen molar-refractivity contribution in [3.8, 4) is 0 Å². The van der Waals surface area contributed by atoms with Gasteiger partial charge in [0.1, 0.15) is 19.3 Å². The van der Waals surface area contributed by atoms with Crippen molar-refractivity contribution in [1.82, 2.24) is 0 Å². The number of hydrogen-bond donors (Lipinski definition) is 3. The molecular formula is C85H166O17P2. The minimum atomic E-state index is -4.96. The molecule has 0 aromatic carbocycles. The molecule has 0 spiro atoms. The summed E-state index contributed by atoms with van der Waals surface area (Å²) in [6.07, 6.45) is 71.1. The van der Waals surface area contributed by atoms with E-state index in [0.717, 1.165) is 109 Å². The van der Waals surface area contributed by atoms with Crippen LogP contribution < -0.4 is 0 Å². The van der Waals surface area contributed by atoms with Crippen LogP contribution in [0.15, 0.2) is 0 Å². The Kier molecular flexibility index (Phi) is 76.3. The number of phosphoric acid groups is 2. The molecule has 0 radical (unpaired) electrons. The van der Waals surface area contributed by atoms with Crippen LogP contribution in [0.3, 0.4) is 0 Å². The average molecular weight is 1520 g/mol. The fourth-order valence-corrected chi connectivity index (χ4v) is 14.8. The van der Waals surface area contributed by atoms with Gasteiger partial charge in [0.25, 0.3) is 0 Å². The Labute approximate surface area is 638 Å². The van der Waals surface area contributed by atoms with Crippen LogP contribution in [0.25, 0.3) is 0 Å². The Hall–Kier alpha value is -1.94. The van der Waals surface area contributed by atoms with Gasteiger partial charge in [-0.15, -0.1) is 0 Å². The maximum Gasteiger partial charge on any atom is 0.472 e. The van der Waals surface area contributed by atoms with Crippen LogP contribution in [0, 0.1) is 5.92 Å². The van der Waals surface area contributed by atoms with Crippen LogP contribution in [-0.4, -0.2) is 96.7 Å². The molecule has 0 heterocycles. The molecule has 0 aromatic rings. The van der Waals surface area contributed by atoms with Crippen LogP contribution in [0.4, 0.5) is 0 Å². The van der Waals surface area contributed by atoms with E-state index in [-0.39, 0.29) is 25.7 Å². The molecule has 0 bridgehead atoms. The lowest BCUT2D eigenvalue weighted by atomic mass is 9.99. The summed E-state index contributed by atoms with van der Waals surface area (Å²) in [5, 5.41) is 10.6. The summed E-state index contributed by atoms with van der Waals surface area (Å²) in [5.41, 5.74) is 0. The van der Waals surface area contributed by atoms with Crippen molar-refractivity contribution in [2.45, 2.75) is 477 Å². The van der Waals surface area contributed by atoms with E-state index in [1.807, 2.05) is 0 Å². The number of ether oxygens (including phenoxy) is 4. The molecular weight excluding hydrogens is 1350 g/mol. The number of hydrogen-bond acceptors (Lipinski definition) is 15. The summed E-state index contributed by atoms with van der Waals surface area (Å²) in [7, 11) is -9.92. The van der Waals surface area contributed by atoms with Crippen molar-refractivity contribution >= 4 is 39.5 Å². The number of carbonyl (C=O) groups excluding carboxylic acids is 4. The molecule has 104 heavy (non-hydrogen) atoms. The second-order valence-corrected chi connectivity index (χ2v) is 33.7. The standard InChI is InChI=1S/C85H166O17P2/c1-6-10-13-16-19-21-23-25-26-27-28-29-30-31-35-38-42-45-49-54-59-64-69-83(88)96-75-81(102-85(90)71-66-61-56-51-47-43-39-36-33-32-34-37-41-44-48-53-57-62-67-78(5)9-4)77-100-104(93,94)98-73-79(86)72-97-103(91,92)99-76-80(74-95-82(87)68-63-58-52-18-15-12-8-3)101-84(89)70-65-60-55-50-46-40-24-22-20-17-14-11-7-2/h78-81,86H,6-77H2,1-5H3,(H,91,92)(H,93,94)/t78?,79-,80+,81+/m0/s1. The molecule has 3 N–H and O–H groups in total. The van der Waals surface area contributed by atoms with Gasteiger partial charge in [-0.1, -0.05) is 407 Å². The topological polar surface area (TPSA) is 237 Å². The van der Waals surface area contributed by atoms with E-state index in [2.05, 4.69) is 34.6 Å². The van der Waals surface area contributed by atoms with Crippen molar-refractivity contribution in [3.63, 3.8) is 0 Å². The van der Waals surface area contributed by atoms with Gasteiger partial charge in [0.15, 0.2) is 12.2 Å². The van der Waals surface area contributed by atoms with E-state index >= 15 is 0 Å². The summed E-state index contributed by atoms with van der Waals surface area (Å²) in [4.78, 5) is 73.0. The number of carbonyl (C=O) groups is 4. The first-order valence-corrected chi connectivity index (χ1v) is 47.2. The fourth-order valence-electron chi connectivity index (χ4n) is 13.3. The second kappa shape index (κ2) is 77.8. The molecule has 3 unspecified atom stereocenters. The van der Waals surface area contributed by atoms with E-state index in [1.54, 1.807) is 0 Å². The first-order chi connectivity index (χ1) is 50.6. The van der Waals surface area contributed by atoms with Crippen molar-refractivity contribution < 1.29 is 80.2 Å². The number of phosphoric ester groups is 2. The van der Waals surface area contributed by atoms with Crippen LogP contribution in [-0.2, 0) is 65.4 Å². The number of rotatable bonds is 85. The zero-order chi connectivity index (χ0) is 76.2. The van der Waals surface area contributed by atoms with Crippen LogP contribution in [0.5, 0.6) is 0 Å². The van der Waals surface area contributed by atoms with Gasteiger partial charge < -0.3 is 33.8 Å². The lowest BCUT2D eigenvalue weighted by Gasteiger charge is -2.21. The highest BCUT2D eigenvalue weighted by Crippen LogP contribution is 2.45. The van der Waals surface area contributed by atoms with Crippen molar-refractivity contribution in [2.24, 2.45) is 5.92 Å². The molecule has 0 aliphatic heterocycles. The second-order valence-electron chi connectivity index (χ2n) is 30.8. The Morgan fingerprint density at radius 1 is 0.269 bits per heavy atom. The molecule has 19 heteroatoms. The minimum Gasteiger partial charge on any atom is -0.462 e. The molecule has 0 amide bonds. The smallest absolute Gasteiger partial charge is 0.462 e. The summed E-state index contributed by atoms with van der Waals surface area (Å²) in [6, 6.07) is 0. The summed E-state index contributed by atoms with van der Waals surface area (Å²) < 4.78 is 68.7. The van der Waals surface area contributed by atoms with E-state index in [1.165, 1.54) is 270 Å². The third kappa shape index (κ3) is 76.8. The lowest BCUT2D eigenvalue weighted by Crippen LogP contribution is -2.30. The number of aliphatic hydroxyl groups is 1. The highest BCUT2D eigenvalue weighted by atomic mass is 31.2. The van der Waals surface area contributed by atoms with E-state index in [9.17, 15) is 43.2 Å². The first kappa shape index (κ1) is 102. The lowest BCUT2D eigenvalue weighted by molar-refractivity contribution is -0.161. The molecule has 6 atom stereocenters.